The number of sulfone groups is 1. The van der Waals surface area contributed by atoms with Gasteiger partial charge in [-0.2, -0.15) is 0 Å². The Balaban J connectivity index is 2.29. The van der Waals surface area contributed by atoms with Gasteiger partial charge >= 0.3 is 0 Å². The van der Waals surface area contributed by atoms with Crippen LogP contribution in [0.1, 0.15) is 17.4 Å². The molecule has 17 heavy (non-hydrogen) atoms. The summed E-state index contributed by atoms with van der Waals surface area (Å²) >= 11 is 12.1. The van der Waals surface area contributed by atoms with Crippen LogP contribution in [0.25, 0.3) is 0 Å². The highest BCUT2D eigenvalue weighted by Crippen LogP contribution is 2.40. The van der Waals surface area contributed by atoms with Gasteiger partial charge in [0.15, 0.2) is 9.84 Å². The molecule has 1 heterocycles. The molecule has 2 rings (SSSR count). The van der Waals surface area contributed by atoms with Crippen LogP contribution < -0.4 is 0 Å². The van der Waals surface area contributed by atoms with E-state index in [-0.39, 0.29) is 28.0 Å². The van der Waals surface area contributed by atoms with E-state index in [9.17, 15) is 12.8 Å². The summed E-state index contributed by atoms with van der Waals surface area (Å²) < 4.78 is 36.4. The summed E-state index contributed by atoms with van der Waals surface area (Å²) in [5, 5.41) is -0.449. The molecule has 0 saturated carbocycles. The second-order valence-electron chi connectivity index (χ2n) is 4.20. The Morgan fingerprint density at radius 1 is 1.41 bits per heavy atom. The molecule has 0 aromatic heterocycles. The van der Waals surface area contributed by atoms with Gasteiger partial charge in [-0.15, -0.1) is 11.6 Å². The number of benzene rings is 1. The zero-order valence-corrected chi connectivity index (χ0v) is 11.2. The van der Waals surface area contributed by atoms with Gasteiger partial charge in [-0.25, -0.2) is 12.8 Å². The summed E-state index contributed by atoms with van der Waals surface area (Å²) in [6.45, 7) is 0. The number of hydrogen-bond acceptors (Lipinski definition) is 2. The van der Waals surface area contributed by atoms with Crippen molar-refractivity contribution >= 4 is 33.0 Å². The third-order valence-corrected chi connectivity index (χ3v) is 5.65. The molecule has 1 aromatic carbocycles. The van der Waals surface area contributed by atoms with Crippen LogP contribution in [0.2, 0.25) is 5.02 Å². The summed E-state index contributed by atoms with van der Waals surface area (Å²) in [7, 11) is -3.02. The van der Waals surface area contributed by atoms with E-state index in [0.717, 1.165) is 0 Å². The van der Waals surface area contributed by atoms with Gasteiger partial charge in [0.2, 0.25) is 0 Å². The fourth-order valence-corrected chi connectivity index (χ4v) is 4.78. The van der Waals surface area contributed by atoms with Gasteiger partial charge in [-0.05, 0) is 24.5 Å². The van der Waals surface area contributed by atoms with Crippen LogP contribution in [-0.4, -0.2) is 19.9 Å². The molecule has 1 saturated heterocycles. The van der Waals surface area contributed by atoms with Crippen molar-refractivity contribution in [3.63, 3.8) is 0 Å². The molecule has 6 heteroatoms. The Labute approximate surface area is 110 Å². The summed E-state index contributed by atoms with van der Waals surface area (Å²) in [5.74, 6) is -0.628. The van der Waals surface area contributed by atoms with Crippen LogP contribution >= 0.6 is 23.2 Å². The lowest BCUT2D eigenvalue weighted by Crippen LogP contribution is -2.12. The second kappa shape index (κ2) is 4.75. The fraction of sp³-hybridized carbons (Fsp3) is 0.455. The lowest BCUT2D eigenvalue weighted by molar-refractivity contribution is 0.536. The van der Waals surface area contributed by atoms with Crippen molar-refractivity contribution in [2.24, 2.45) is 5.92 Å². The Bertz CT molecular complexity index is 510. The van der Waals surface area contributed by atoms with E-state index in [4.69, 9.17) is 23.2 Å². The van der Waals surface area contributed by atoms with Gasteiger partial charge in [0, 0.05) is 10.6 Å². The average Bonchev–Trinajstić information content (AvgIpc) is 2.58. The van der Waals surface area contributed by atoms with Gasteiger partial charge in [0.05, 0.1) is 16.9 Å². The van der Waals surface area contributed by atoms with Crippen molar-refractivity contribution in [2.75, 3.05) is 11.5 Å². The van der Waals surface area contributed by atoms with Crippen LogP contribution in [0.3, 0.4) is 0 Å². The first-order valence-electron chi connectivity index (χ1n) is 5.19. The van der Waals surface area contributed by atoms with E-state index in [1.54, 1.807) is 6.07 Å². The SMILES string of the molecule is O=S1(=O)CCC(C(Cl)c2c(F)cccc2Cl)C1. The van der Waals surface area contributed by atoms with Crippen LogP contribution in [0, 0.1) is 11.7 Å². The highest BCUT2D eigenvalue weighted by atomic mass is 35.5. The largest absolute Gasteiger partial charge is 0.229 e. The smallest absolute Gasteiger partial charge is 0.150 e. The van der Waals surface area contributed by atoms with Crippen molar-refractivity contribution in [3.05, 3.63) is 34.6 Å². The molecule has 2 unspecified atom stereocenters. The highest BCUT2D eigenvalue weighted by molar-refractivity contribution is 7.91. The lowest BCUT2D eigenvalue weighted by atomic mass is 9.98. The zero-order valence-electron chi connectivity index (χ0n) is 8.87. The first-order chi connectivity index (χ1) is 7.91. The lowest BCUT2D eigenvalue weighted by Gasteiger charge is -2.17. The molecule has 1 fully saturated rings. The molecule has 1 aliphatic heterocycles. The minimum Gasteiger partial charge on any atom is -0.229 e. The summed E-state index contributed by atoms with van der Waals surface area (Å²) in [6, 6.07) is 4.33. The molecule has 0 radical (unpaired) electrons. The third-order valence-electron chi connectivity index (χ3n) is 2.96. The quantitative estimate of drug-likeness (QED) is 0.786. The first kappa shape index (κ1) is 13.1. The minimum atomic E-state index is -3.02. The Morgan fingerprint density at radius 3 is 2.65 bits per heavy atom. The van der Waals surface area contributed by atoms with E-state index in [1.165, 1.54) is 12.1 Å². The van der Waals surface area contributed by atoms with Gasteiger partial charge in [0.1, 0.15) is 5.82 Å². The molecular formula is C11H11Cl2FO2S. The topological polar surface area (TPSA) is 34.1 Å². The molecule has 0 amide bonds. The van der Waals surface area contributed by atoms with Crippen LogP contribution in [0.15, 0.2) is 18.2 Å². The maximum Gasteiger partial charge on any atom is 0.150 e. The van der Waals surface area contributed by atoms with Gasteiger partial charge in [-0.3, -0.25) is 0 Å². The van der Waals surface area contributed by atoms with Crippen molar-refractivity contribution in [1.82, 2.24) is 0 Å². The van der Waals surface area contributed by atoms with Crippen molar-refractivity contribution in [2.45, 2.75) is 11.8 Å². The van der Waals surface area contributed by atoms with Gasteiger partial charge in [-0.1, -0.05) is 17.7 Å². The van der Waals surface area contributed by atoms with E-state index in [0.29, 0.717) is 6.42 Å². The van der Waals surface area contributed by atoms with E-state index in [1.807, 2.05) is 0 Å². The van der Waals surface area contributed by atoms with Crippen molar-refractivity contribution in [1.29, 1.82) is 0 Å². The van der Waals surface area contributed by atoms with Crippen LogP contribution in [-0.2, 0) is 9.84 Å². The number of alkyl halides is 1. The summed E-state index contributed by atoms with van der Waals surface area (Å²) in [5.41, 5.74) is 0.206. The maximum atomic E-state index is 13.6. The molecule has 0 bridgehead atoms. The van der Waals surface area contributed by atoms with Crippen molar-refractivity contribution in [3.8, 4) is 0 Å². The van der Waals surface area contributed by atoms with Crippen molar-refractivity contribution < 1.29 is 12.8 Å². The first-order valence-corrected chi connectivity index (χ1v) is 7.83. The second-order valence-corrected chi connectivity index (χ2v) is 7.31. The van der Waals surface area contributed by atoms with E-state index >= 15 is 0 Å². The van der Waals surface area contributed by atoms with Gasteiger partial charge in [0.25, 0.3) is 0 Å². The minimum absolute atomic E-state index is 0.00578. The van der Waals surface area contributed by atoms with E-state index in [2.05, 4.69) is 0 Å². The molecule has 0 aliphatic carbocycles. The standard InChI is InChI=1S/C11H11Cl2FO2S/c12-8-2-1-3-9(14)10(8)11(13)7-4-5-17(15,16)6-7/h1-3,7,11H,4-6H2. The monoisotopic (exact) mass is 296 g/mol. The third kappa shape index (κ3) is 2.75. The molecular weight excluding hydrogens is 286 g/mol. The average molecular weight is 297 g/mol. The zero-order chi connectivity index (χ0) is 12.6. The predicted molar refractivity (Wildman–Crippen MR) is 66.8 cm³/mol. The Hall–Kier alpha value is -0.320. The molecule has 2 nitrogen and oxygen atoms in total. The maximum absolute atomic E-state index is 13.6. The number of rotatable bonds is 2. The Morgan fingerprint density at radius 2 is 2.12 bits per heavy atom. The summed E-state index contributed by atoms with van der Waals surface area (Å²) in [4.78, 5) is 0. The summed E-state index contributed by atoms with van der Waals surface area (Å²) in [6.07, 6.45) is 0.459. The fourth-order valence-electron chi connectivity index (χ4n) is 2.06. The molecule has 0 spiro atoms. The highest BCUT2D eigenvalue weighted by Gasteiger charge is 2.35. The normalized spacial score (nSPS) is 24.8. The molecule has 0 N–H and O–H groups in total. The molecule has 1 aromatic rings. The predicted octanol–water partition coefficient (Wildman–Crippen LogP) is 3.19. The molecule has 94 valence electrons. The molecule has 1 aliphatic rings. The van der Waals surface area contributed by atoms with Gasteiger partial charge < -0.3 is 0 Å². The van der Waals surface area contributed by atoms with Crippen LogP contribution in [0.4, 0.5) is 4.39 Å². The van der Waals surface area contributed by atoms with E-state index < -0.39 is 21.0 Å². The molecule has 2 atom stereocenters. The number of hydrogen-bond donors (Lipinski definition) is 0. The van der Waals surface area contributed by atoms with Crippen LogP contribution in [0.5, 0.6) is 0 Å². The Kier molecular flexibility index (Phi) is 3.66. The number of halogens is 3.